The number of methoxy groups -OCH3 is 1. The van der Waals surface area contributed by atoms with Gasteiger partial charge in [-0.2, -0.15) is 0 Å². The summed E-state index contributed by atoms with van der Waals surface area (Å²) in [6.45, 7) is 2.06. The minimum absolute atomic E-state index is 0.416. The van der Waals surface area contributed by atoms with Gasteiger partial charge in [-0.15, -0.1) is 11.6 Å². The highest BCUT2D eigenvalue weighted by atomic mass is 35.5. The minimum Gasteiger partial charge on any atom is -0.496 e. The van der Waals surface area contributed by atoms with Crippen LogP contribution in [0.4, 0.5) is 0 Å². The maximum Gasteiger partial charge on any atom is 0.123 e. The molecule has 0 N–H and O–H groups in total. The number of nitrogens with zero attached hydrogens (tertiary/aromatic N) is 1. The second-order valence-electron chi connectivity index (χ2n) is 4.94. The summed E-state index contributed by atoms with van der Waals surface area (Å²) < 4.78 is 5.36. The van der Waals surface area contributed by atoms with E-state index >= 15 is 0 Å². The van der Waals surface area contributed by atoms with Gasteiger partial charge in [-0.25, -0.2) is 0 Å². The molecule has 0 atom stereocenters. The van der Waals surface area contributed by atoms with E-state index in [1.54, 1.807) is 7.11 Å². The first-order chi connectivity index (χ1) is 8.19. The van der Waals surface area contributed by atoms with Crippen molar-refractivity contribution in [2.45, 2.75) is 24.8 Å². The predicted octanol–water partition coefficient (Wildman–Crippen LogP) is 3.14. The smallest absolute Gasteiger partial charge is 0.123 e. The maximum absolute atomic E-state index is 6.00. The van der Waals surface area contributed by atoms with E-state index in [1.165, 1.54) is 5.56 Å². The van der Waals surface area contributed by atoms with E-state index in [0.717, 1.165) is 37.6 Å². The maximum atomic E-state index is 6.00. The summed E-state index contributed by atoms with van der Waals surface area (Å²) in [5, 5.41) is 0.416. The average Bonchev–Trinajstić information content (AvgIpc) is 2.27. The van der Waals surface area contributed by atoms with Gasteiger partial charge in [0.05, 0.1) is 7.11 Å². The molecule has 1 aliphatic rings. The lowest BCUT2D eigenvalue weighted by Crippen LogP contribution is -2.34. The molecule has 1 aliphatic carbocycles. The van der Waals surface area contributed by atoms with Gasteiger partial charge < -0.3 is 9.64 Å². The van der Waals surface area contributed by atoms with Crippen molar-refractivity contribution in [3.05, 3.63) is 29.8 Å². The van der Waals surface area contributed by atoms with E-state index in [2.05, 4.69) is 24.1 Å². The largest absolute Gasteiger partial charge is 0.496 e. The standard InChI is InChI=1S/C14H20ClNO/c1-16(9-11-7-13(15)8-11)10-12-5-3-4-6-14(12)17-2/h3-6,11,13H,7-10H2,1-2H3. The van der Waals surface area contributed by atoms with Gasteiger partial charge in [0.1, 0.15) is 5.75 Å². The highest BCUT2D eigenvalue weighted by Crippen LogP contribution is 2.32. The summed E-state index contributed by atoms with van der Waals surface area (Å²) in [4.78, 5) is 2.35. The van der Waals surface area contributed by atoms with Crippen LogP contribution in [-0.2, 0) is 6.54 Å². The SMILES string of the molecule is COc1ccccc1CN(C)CC1CC(Cl)C1. The van der Waals surface area contributed by atoms with Crippen molar-refractivity contribution in [2.75, 3.05) is 20.7 Å². The molecule has 2 nitrogen and oxygen atoms in total. The van der Waals surface area contributed by atoms with E-state index in [-0.39, 0.29) is 0 Å². The van der Waals surface area contributed by atoms with Gasteiger partial charge in [0, 0.05) is 24.0 Å². The normalized spacial score (nSPS) is 23.5. The van der Waals surface area contributed by atoms with Crippen molar-refractivity contribution in [3.8, 4) is 5.75 Å². The highest BCUT2D eigenvalue weighted by Gasteiger charge is 2.27. The molecule has 0 heterocycles. The predicted molar refractivity (Wildman–Crippen MR) is 71.7 cm³/mol. The Morgan fingerprint density at radius 1 is 1.35 bits per heavy atom. The molecule has 94 valence electrons. The molecule has 0 aliphatic heterocycles. The number of hydrogen-bond donors (Lipinski definition) is 0. The number of rotatable bonds is 5. The Morgan fingerprint density at radius 3 is 2.71 bits per heavy atom. The van der Waals surface area contributed by atoms with Crippen molar-refractivity contribution < 1.29 is 4.74 Å². The molecule has 0 amide bonds. The van der Waals surface area contributed by atoms with Crippen LogP contribution in [0.5, 0.6) is 5.75 Å². The second kappa shape index (κ2) is 5.74. The first-order valence-corrected chi connectivity index (χ1v) is 6.57. The van der Waals surface area contributed by atoms with Crippen molar-refractivity contribution >= 4 is 11.6 Å². The van der Waals surface area contributed by atoms with Crippen LogP contribution in [0, 0.1) is 5.92 Å². The molecular formula is C14H20ClNO. The van der Waals surface area contributed by atoms with Crippen molar-refractivity contribution in [1.29, 1.82) is 0 Å². The van der Waals surface area contributed by atoms with Gasteiger partial charge in [0.15, 0.2) is 0 Å². The molecule has 2 rings (SSSR count). The number of hydrogen-bond acceptors (Lipinski definition) is 2. The third-order valence-corrected chi connectivity index (χ3v) is 3.74. The summed E-state index contributed by atoms with van der Waals surface area (Å²) in [6, 6.07) is 8.21. The van der Waals surface area contributed by atoms with Crippen molar-refractivity contribution in [2.24, 2.45) is 5.92 Å². The zero-order chi connectivity index (χ0) is 12.3. The van der Waals surface area contributed by atoms with Crippen LogP contribution in [0.25, 0.3) is 0 Å². The Labute approximate surface area is 109 Å². The topological polar surface area (TPSA) is 12.5 Å². The van der Waals surface area contributed by atoms with E-state index in [9.17, 15) is 0 Å². The van der Waals surface area contributed by atoms with Gasteiger partial charge >= 0.3 is 0 Å². The average molecular weight is 254 g/mol. The molecule has 0 aromatic heterocycles. The summed E-state index contributed by atoms with van der Waals surface area (Å²) >= 11 is 6.00. The second-order valence-corrected chi connectivity index (χ2v) is 5.56. The van der Waals surface area contributed by atoms with Gasteiger partial charge in [-0.3, -0.25) is 0 Å². The van der Waals surface area contributed by atoms with E-state index in [0.29, 0.717) is 5.38 Å². The molecule has 0 radical (unpaired) electrons. The molecule has 3 heteroatoms. The fraction of sp³-hybridized carbons (Fsp3) is 0.571. The van der Waals surface area contributed by atoms with Crippen LogP contribution in [0.3, 0.4) is 0 Å². The van der Waals surface area contributed by atoms with Crippen LogP contribution in [0.2, 0.25) is 0 Å². The summed E-state index contributed by atoms with van der Waals surface area (Å²) in [6.07, 6.45) is 2.33. The Kier molecular flexibility index (Phi) is 4.30. The molecular weight excluding hydrogens is 234 g/mol. The molecule has 0 saturated heterocycles. The zero-order valence-corrected chi connectivity index (χ0v) is 11.3. The lowest BCUT2D eigenvalue weighted by molar-refractivity contribution is 0.202. The zero-order valence-electron chi connectivity index (χ0n) is 10.5. The lowest BCUT2D eigenvalue weighted by Gasteiger charge is -2.34. The summed E-state index contributed by atoms with van der Waals surface area (Å²) in [5.41, 5.74) is 1.25. The Hall–Kier alpha value is -0.730. The first-order valence-electron chi connectivity index (χ1n) is 6.13. The van der Waals surface area contributed by atoms with Crippen LogP contribution in [0.1, 0.15) is 18.4 Å². The van der Waals surface area contributed by atoms with Gasteiger partial charge in [0.2, 0.25) is 0 Å². The van der Waals surface area contributed by atoms with Gasteiger partial charge in [-0.1, -0.05) is 18.2 Å². The number of alkyl halides is 1. The molecule has 1 saturated carbocycles. The van der Waals surface area contributed by atoms with Crippen molar-refractivity contribution in [1.82, 2.24) is 4.90 Å². The quantitative estimate of drug-likeness (QED) is 0.748. The third-order valence-electron chi connectivity index (χ3n) is 3.38. The molecule has 17 heavy (non-hydrogen) atoms. The number of para-hydroxylation sites is 1. The molecule has 0 bridgehead atoms. The van der Waals surface area contributed by atoms with E-state index < -0.39 is 0 Å². The molecule has 1 fully saturated rings. The summed E-state index contributed by atoms with van der Waals surface area (Å²) in [7, 11) is 3.89. The monoisotopic (exact) mass is 253 g/mol. The first kappa shape index (κ1) is 12.7. The fourth-order valence-electron chi connectivity index (χ4n) is 2.43. The molecule has 0 unspecified atom stereocenters. The lowest BCUT2D eigenvalue weighted by atomic mass is 9.84. The Balaban J connectivity index is 1.86. The minimum atomic E-state index is 0.416. The molecule has 1 aromatic rings. The number of ether oxygens (including phenoxy) is 1. The number of halogens is 1. The van der Waals surface area contributed by atoms with E-state index in [4.69, 9.17) is 16.3 Å². The van der Waals surface area contributed by atoms with Crippen LogP contribution in [-0.4, -0.2) is 31.0 Å². The Bertz CT molecular complexity index is 363. The Morgan fingerprint density at radius 2 is 2.06 bits per heavy atom. The van der Waals surface area contributed by atoms with Gasteiger partial charge in [-0.05, 0) is 31.9 Å². The van der Waals surface area contributed by atoms with Crippen LogP contribution >= 0.6 is 11.6 Å². The van der Waals surface area contributed by atoms with Crippen LogP contribution < -0.4 is 4.74 Å². The molecule has 1 aromatic carbocycles. The highest BCUT2D eigenvalue weighted by molar-refractivity contribution is 6.21. The van der Waals surface area contributed by atoms with Crippen molar-refractivity contribution in [3.63, 3.8) is 0 Å². The molecule has 0 spiro atoms. The van der Waals surface area contributed by atoms with Gasteiger partial charge in [0.25, 0.3) is 0 Å². The fourth-order valence-corrected chi connectivity index (χ4v) is 2.94. The summed E-state index contributed by atoms with van der Waals surface area (Å²) in [5.74, 6) is 1.75. The third kappa shape index (κ3) is 3.36. The number of benzene rings is 1. The van der Waals surface area contributed by atoms with Crippen LogP contribution in [0.15, 0.2) is 24.3 Å². The van der Waals surface area contributed by atoms with E-state index in [1.807, 2.05) is 12.1 Å².